The highest BCUT2D eigenvalue weighted by atomic mass is 35.5. The average Bonchev–Trinajstić information content (AvgIpc) is 3.24. The zero-order valence-corrected chi connectivity index (χ0v) is 19.2. The Balaban J connectivity index is 0.00000240. The fourth-order valence-electron chi connectivity index (χ4n) is 3.63. The molecule has 2 aromatic carbocycles. The SMILES string of the molecule is C=Cc1cc(CN2CCCC2)cc(C(Nc2ccc(C(=N)N)cc2)C(=O)OC)c1.Cl.Cl. The molecular weight excluding hydrogens is 435 g/mol. The summed E-state index contributed by atoms with van der Waals surface area (Å²) in [5.74, 6) is -0.361. The number of halogens is 2. The number of nitrogens with one attached hydrogen (secondary N) is 2. The molecule has 1 heterocycles. The van der Waals surface area contributed by atoms with Crippen LogP contribution in [0.1, 0.15) is 41.1 Å². The number of esters is 1. The topological polar surface area (TPSA) is 91.4 Å². The molecule has 0 saturated carbocycles. The second kappa shape index (κ2) is 12.3. The average molecular weight is 465 g/mol. The van der Waals surface area contributed by atoms with Gasteiger partial charge in [0.1, 0.15) is 5.84 Å². The van der Waals surface area contributed by atoms with Crippen molar-refractivity contribution in [2.45, 2.75) is 25.4 Å². The summed E-state index contributed by atoms with van der Waals surface area (Å²) in [6.07, 6.45) is 4.26. The van der Waals surface area contributed by atoms with Gasteiger partial charge in [-0.05, 0) is 73.0 Å². The number of methoxy groups -OCH3 is 1. The Kier molecular flexibility index (Phi) is 10.6. The quantitative estimate of drug-likeness (QED) is 0.306. The lowest BCUT2D eigenvalue weighted by molar-refractivity contribution is -0.141. The number of hydrogen-bond acceptors (Lipinski definition) is 5. The minimum Gasteiger partial charge on any atom is -0.467 e. The summed E-state index contributed by atoms with van der Waals surface area (Å²) in [6, 6.07) is 12.6. The van der Waals surface area contributed by atoms with Gasteiger partial charge in [-0.25, -0.2) is 4.79 Å². The molecule has 0 aliphatic carbocycles. The van der Waals surface area contributed by atoms with E-state index in [2.05, 4.69) is 28.9 Å². The molecule has 3 rings (SSSR count). The number of benzene rings is 2. The summed E-state index contributed by atoms with van der Waals surface area (Å²) in [4.78, 5) is 15.0. The molecule has 0 bridgehead atoms. The van der Waals surface area contributed by atoms with Crippen LogP contribution in [0.25, 0.3) is 6.08 Å². The van der Waals surface area contributed by atoms with Crippen molar-refractivity contribution in [3.05, 3.63) is 71.3 Å². The number of anilines is 1. The van der Waals surface area contributed by atoms with Gasteiger partial charge in [0.15, 0.2) is 6.04 Å². The van der Waals surface area contributed by atoms with Crippen molar-refractivity contribution < 1.29 is 9.53 Å². The van der Waals surface area contributed by atoms with Gasteiger partial charge >= 0.3 is 5.97 Å². The molecule has 2 aromatic rings. The van der Waals surface area contributed by atoms with Crippen LogP contribution in [0, 0.1) is 5.41 Å². The van der Waals surface area contributed by atoms with Crippen molar-refractivity contribution in [1.29, 1.82) is 5.41 Å². The summed E-state index contributed by atoms with van der Waals surface area (Å²) in [5, 5.41) is 10.8. The number of nitrogen functional groups attached to an aromatic ring is 1. The van der Waals surface area contributed by atoms with Crippen molar-refractivity contribution in [3.63, 3.8) is 0 Å². The molecule has 6 nitrogen and oxygen atoms in total. The Morgan fingerprint density at radius 1 is 1.23 bits per heavy atom. The monoisotopic (exact) mass is 464 g/mol. The predicted octanol–water partition coefficient (Wildman–Crippen LogP) is 4.38. The van der Waals surface area contributed by atoms with E-state index in [1.165, 1.54) is 20.0 Å². The van der Waals surface area contributed by atoms with Crippen LogP contribution < -0.4 is 11.1 Å². The molecule has 8 heteroatoms. The van der Waals surface area contributed by atoms with Crippen LogP contribution in [0.4, 0.5) is 5.69 Å². The number of nitrogens with zero attached hydrogens (tertiary/aromatic N) is 1. The van der Waals surface area contributed by atoms with Gasteiger partial charge in [0.2, 0.25) is 0 Å². The lowest BCUT2D eigenvalue weighted by Crippen LogP contribution is -2.23. The fourth-order valence-corrected chi connectivity index (χ4v) is 3.63. The Hall–Kier alpha value is -2.54. The molecule has 1 unspecified atom stereocenters. The summed E-state index contributed by atoms with van der Waals surface area (Å²) >= 11 is 0. The summed E-state index contributed by atoms with van der Waals surface area (Å²) in [6.45, 7) is 6.97. The van der Waals surface area contributed by atoms with Crippen LogP contribution in [0.2, 0.25) is 0 Å². The zero-order chi connectivity index (χ0) is 20.8. The van der Waals surface area contributed by atoms with E-state index < -0.39 is 6.04 Å². The molecule has 1 aliphatic heterocycles. The van der Waals surface area contributed by atoms with Crippen molar-refractivity contribution in [2.24, 2.45) is 5.73 Å². The molecule has 0 radical (unpaired) electrons. The van der Waals surface area contributed by atoms with E-state index >= 15 is 0 Å². The van der Waals surface area contributed by atoms with Crippen molar-refractivity contribution in [1.82, 2.24) is 4.90 Å². The third-order valence-corrected chi connectivity index (χ3v) is 5.16. The third kappa shape index (κ3) is 6.99. The first-order valence-corrected chi connectivity index (χ1v) is 9.77. The summed E-state index contributed by atoms with van der Waals surface area (Å²) in [5.41, 5.74) is 9.85. The predicted molar refractivity (Wildman–Crippen MR) is 131 cm³/mol. The van der Waals surface area contributed by atoms with Gasteiger partial charge in [-0.2, -0.15) is 0 Å². The maximum Gasteiger partial charge on any atom is 0.332 e. The molecule has 1 fully saturated rings. The number of ether oxygens (including phenoxy) is 1. The minimum atomic E-state index is -0.652. The van der Waals surface area contributed by atoms with E-state index in [0.717, 1.165) is 42.0 Å². The van der Waals surface area contributed by atoms with Gasteiger partial charge in [0.05, 0.1) is 7.11 Å². The molecule has 0 spiro atoms. The fraction of sp³-hybridized carbons (Fsp3) is 0.304. The minimum absolute atomic E-state index is 0. The van der Waals surface area contributed by atoms with E-state index in [1.54, 1.807) is 30.3 Å². The second-order valence-corrected chi connectivity index (χ2v) is 7.29. The third-order valence-electron chi connectivity index (χ3n) is 5.16. The van der Waals surface area contributed by atoms with Crippen LogP contribution >= 0.6 is 24.8 Å². The molecule has 168 valence electrons. The lowest BCUT2D eigenvalue weighted by Gasteiger charge is -2.21. The highest BCUT2D eigenvalue weighted by Crippen LogP contribution is 2.25. The first kappa shape index (κ1) is 26.5. The molecule has 31 heavy (non-hydrogen) atoms. The molecule has 1 atom stereocenters. The van der Waals surface area contributed by atoms with Crippen LogP contribution in [0.3, 0.4) is 0 Å². The molecular formula is C23H30Cl2N4O2. The normalized spacial score (nSPS) is 14.0. The largest absolute Gasteiger partial charge is 0.467 e. The number of carbonyl (C=O) groups is 1. The molecule has 1 aliphatic rings. The van der Waals surface area contributed by atoms with Crippen molar-refractivity contribution in [2.75, 3.05) is 25.5 Å². The maximum absolute atomic E-state index is 12.6. The molecule has 0 aromatic heterocycles. The first-order valence-electron chi connectivity index (χ1n) is 9.77. The van der Waals surface area contributed by atoms with E-state index in [-0.39, 0.29) is 36.6 Å². The van der Waals surface area contributed by atoms with E-state index in [1.807, 2.05) is 6.07 Å². The number of likely N-dealkylation sites (tertiary alicyclic amines) is 1. The smallest absolute Gasteiger partial charge is 0.332 e. The molecule has 1 saturated heterocycles. The number of rotatable bonds is 8. The summed E-state index contributed by atoms with van der Waals surface area (Å²) < 4.78 is 5.06. The van der Waals surface area contributed by atoms with Crippen LogP contribution in [-0.4, -0.2) is 36.9 Å². The van der Waals surface area contributed by atoms with E-state index in [4.69, 9.17) is 15.9 Å². The number of hydrogen-bond donors (Lipinski definition) is 3. The Labute approximate surface area is 196 Å². The highest BCUT2D eigenvalue weighted by molar-refractivity contribution is 5.95. The zero-order valence-electron chi connectivity index (χ0n) is 17.6. The first-order chi connectivity index (χ1) is 14.0. The Morgan fingerprint density at radius 3 is 2.42 bits per heavy atom. The molecule has 0 amide bonds. The Morgan fingerprint density at radius 2 is 1.87 bits per heavy atom. The maximum atomic E-state index is 12.6. The second-order valence-electron chi connectivity index (χ2n) is 7.29. The van der Waals surface area contributed by atoms with Gasteiger partial charge in [-0.3, -0.25) is 10.3 Å². The molecule has 4 N–H and O–H groups in total. The standard InChI is InChI=1S/C23H28N4O2.2ClH/c1-3-16-12-17(15-27-10-4-5-11-27)14-19(13-16)21(23(28)29-2)26-20-8-6-18(7-9-20)22(24)25;;/h3,6-9,12-14,21,26H,1,4-5,10-11,15H2,2H3,(H3,24,25);2*1H. The van der Waals surface area contributed by atoms with Gasteiger partial charge < -0.3 is 15.8 Å². The van der Waals surface area contributed by atoms with Crippen LogP contribution in [-0.2, 0) is 16.1 Å². The van der Waals surface area contributed by atoms with E-state index in [0.29, 0.717) is 5.56 Å². The number of carbonyl (C=O) groups excluding carboxylic acids is 1. The summed E-state index contributed by atoms with van der Waals surface area (Å²) in [7, 11) is 1.39. The Bertz CT molecular complexity index is 897. The van der Waals surface area contributed by atoms with Crippen LogP contribution in [0.15, 0.2) is 49.0 Å². The lowest BCUT2D eigenvalue weighted by atomic mass is 9.99. The van der Waals surface area contributed by atoms with Gasteiger partial charge in [-0.15, -0.1) is 24.8 Å². The van der Waals surface area contributed by atoms with Gasteiger partial charge in [0, 0.05) is 17.8 Å². The van der Waals surface area contributed by atoms with Gasteiger partial charge in [0.25, 0.3) is 0 Å². The van der Waals surface area contributed by atoms with E-state index in [9.17, 15) is 4.79 Å². The van der Waals surface area contributed by atoms with Crippen LogP contribution in [0.5, 0.6) is 0 Å². The van der Waals surface area contributed by atoms with Crippen molar-refractivity contribution in [3.8, 4) is 0 Å². The highest BCUT2D eigenvalue weighted by Gasteiger charge is 2.23. The van der Waals surface area contributed by atoms with Gasteiger partial charge in [-0.1, -0.05) is 24.8 Å². The number of amidine groups is 1. The number of nitrogens with two attached hydrogens (primary N) is 1. The van der Waals surface area contributed by atoms with Crippen molar-refractivity contribution >= 4 is 48.4 Å².